The van der Waals surface area contributed by atoms with Crippen LogP contribution in [0.15, 0.2) is 64.6 Å². The summed E-state index contributed by atoms with van der Waals surface area (Å²) in [5.74, 6) is -0.229. The monoisotopic (exact) mass is 432 g/mol. The highest BCUT2D eigenvalue weighted by Crippen LogP contribution is 2.22. The summed E-state index contributed by atoms with van der Waals surface area (Å²) >= 11 is 0. The van der Waals surface area contributed by atoms with Crippen LogP contribution in [0.5, 0.6) is 0 Å². The first-order valence-corrected chi connectivity index (χ1v) is 11.2. The standard InChI is InChI=1S/C14H23FN2.C12H15FO/c1-5-8-10-17-14(16)13(12(15)7-3)11(4)9-6-2;1-9-2-7-12(14-9)8-10-3-5-11(13)6-4-10/h7-8,10H,5-6,9H2,1-4H3,(H2,16,17);3-6,9,12H,2,7-8H2,1H3/b10-8+,12-7+,13-11+;. The molecule has 172 valence electrons. The second-order valence-electron chi connectivity index (χ2n) is 7.83. The third kappa shape index (κ3) is 10.1. The van der Waals surface area contributed by atoms with Crippen molar-refractivity contribution in [2.45, 2.75) is 85.4 Å². The Hall–Kier alpha value is -2.27. The molecule has 1 fully saturated rings. The van der Waals surface area contributed by atoms with Gasteiger partial charge in [-0.3, -0.25) is 0 Å². The van der Waals surface area contributed by atoms with Crippen LogP contribution in [-0.4, -0.2) is 18.0 Å². The number of amidine groups is 1. The summed E-state index contributed by atoms with van der Waals surface area (Å²) in [6.07, 6.45) is 11.5. The Morgan fingerprint density at radius 1 is 1.23 bits per heavy atom. The lowest BCUT2D eigenvalue weighted by Crippen LogP contribution is -2.16. The van der Waals surface area contributed by atoms with Gasteiger partial charge in [-0.25, -0.2) is 13.8 Å². The summed E-state index contributed by atoms with van der Waals surface area (Å²) in [4.78, 5) is 4.06. The molecule has 3 nitrogen and oxygen atoms in total. The molecular weight excluding hydrogens is 394 g/mol. The fraction of sp³-hybridized carbons (Fsp3) is 0.500. The highest BCUT2D eigenvalue weighted by molar-refractivity contribution is 6.01. The summed E-state index contributed by atoms with van der Waals surface area (Å²) in [5, 5.41) is 0. The number of hydrogen-bond acceptors (Lipinski definition) is 2. The van der Waals surface area contributed by atoms with Gasteiger partial charge in [0.1, 0.15) is 17.5 Å². The fourth-order valence-corrected chi connectivity index (χ4v) is 3.41. The minimum atomic E-state index is -0.304. The maximum absolute atomic E-state index is 13.7. The molecule has 1 aliphatic rings. The van der Waals surface area contributed by atoms with Gasteiger partial charge < -0.3 is 10.5 Å². The van der Waals surface area contributed by atoms with E-state index in [0.717, 1.165) is 49.7 Å². The number of allylic oxidation sites excluding steroid dienone is 3. The molecule has 2 unspecified atom stereocenters. The predicted octanol–water partition coefficient (Wildman–Crippen LogP) is 7.19. The molecule has 0 spiro atoms. The minimum absolute atomic E-state index is 0.172. The maximum atomic E-state index is 13.7. The van der Waals surface area contributed by atoms with Crippen molar-refractivity contribution in [1.82, 2.24) is 0 Å². The van der Waals surface area contributed by atoms with Crippen LogP contribution in [0.2, 0.25) is 0 Å². The average Bonchev–Trinajstić information content (AvgIpc) is 3.15. The molecule has 5 heteroatoms. The third-order valence-corrected chi connectivity index (χ3v) is 5.05. The fourth-order valence-electron chi connectivity index (χ4n) is 3.41. The Morgan fingerprint density at radius 2 is 1.90 bits per heavy atom. The van der Waals surface area contributed by atoms with E-state index in [-0.39, 0.29) is 17.5 Å². The van der Waals surface area contributed by atoms with E-state index in [1.807, 2.05) is 32.1 Å². The van der Waals surface area contributed by atoms with Crippen molar-refractivity contribution >= 4 is 5.84 Å². The van der Waals surface area contributed by atoms with Gasteiger partial charge >= 0.3 is 0 Å². The third-order valence-electron chi connectivity index (χ3n) is 5.05. The van der Waals surface area contributed by atoms with Crippen LogP contribution in [0.4, 0.5) is 8.78 Å². The predicted molar refractivity (Wildman–Crippen MR) is 127 cm³/mol. The van der Waals surface area contributed by atoms with Crippen molar-refractivity contribution in [3.8, 4) is 0 Å². The zero-order chi connectivity index (χ0) is 23.2. The van der Waals surface area contributed by atoms with Crippen molar-refractivity contribution in [1.29, 1.82) is 0 Å². The number of benzene rings is 1. The van der Waals surface area contributed by atoms with Crippen LogP contribution >= 0.6 is 0 Å². The largest absolute Gasteiger partial charge is 0.383 e. The summed E-state index contributed by atoms with van der Waals surface area (Å²) in [5.41, 5.74) is 8.36. The maximum Gasteiger partial charge on any atom is 0.133 e. The van der Waals surface area contributed by atoms with Crippen molar-refractivity contribution < 1.29 is 13.5 Å². The Kier molecular flexibility index (Phi) is 12.7. The molecule has 0 amide bonds. The van der Waals surface area contributed by atoms with E-state index in [4.69, 9.17) is 10.5 Å². The van der Waals surface area contributed by atoms with Gasteiger partial charge in [-0.2, -0.15) is 0 Å². The molecule has 0 radical (unpaired) electrons. The first-order chi connectivity index (χ1) is 14.8. The number of halogens is 2. The van der Waals surface area contributed by atoms with Crippen molar-refractivity contribution in [2.24, 2.45) is 10.7 Å². The first kappa shape index (κ1) is 26.8. The summed E-state index contributed by atoms with van der Waals surface area (Å²) < 4.78 is 32.1. The SMILES string of the molecule is CC1CCC(Cc2ccc(F)cc2)O1.C\C=C(F)/C(C(/N)=N/C=C/CC)=C(/C)CCC. The molecule has 2 rings (SSSR count). The highest BCUT2D eigenvalue weighted by Gasteiger charge is 2.21. The van der Waals surface area contributed by atoms with E-state index in [9.17, 15) is 8.78 Å². The van der Waals surface area contributed by atoms with Gasteiger partial charge in [0, 0.05) is 6.20 Å². The van der Waals surface area contributed by atoms with Crippen LogP contribution in [-0.2, 0) is 11.2 Å². The lowest BCUT2D eigenvalue weighted by atomic mass is 10.0. The number of nitrogens with two attached hydrogens (primary N) is 1. The van der Waals surface area contributed by atoms with Gasteiger partial charge in [-0.05, 0) is 70.6 Å². The Balaban J connectivity index is 0.000000314. The number of hydrogen-bond donors (Lipinski definition) is 1. The van der Waals surface area contributed by atoms with Gasteiger partial charge in [-0.15, -0.1) is 0 Å². The first-order valence-electron chi connectivity index (χ1n) is 11.2. The van der Waals surface area contributed by atoms with Crippen LogP contribution in [0.25, 0.3) is 0 Å². The molecule has 31 heavy (non-hydrogen) atoms. The molecule has 2 atom stereocenters. The molecule has 1 heterocycles. The molecule has 1 aromatic carbocycles. The van der Waals surface area contributed by atoms with Crippen LogP contribution in [0.1, 0.15) is 72.3 Å². The van der Waals surface area contributed by atoms with Crippen LogP contribution in [0.3, 0.4) is 0 Å². The van der Waals surface area contributed by atoms with Gasteiger partial charge in [-0.1, -0.05) is 50.1 Å². The molecule has 0 bridgehead atoms. The summed E-state index contributed by atoms with van der Waals surface area (Å²) in [6, 6.07) is 6.69. The van der Waals surface area contributed by atoms with E-state index >= 15 is 0 Å². The van der Waals surface area contributed by atoms with Gasteiger partial charge in [0.15, 0.2) is 0 Å². The number of rotatable bonds is 8. The molecule has 0 aliphatic carbocycles. The normalized spacial score (nSPS) is 20.5. The second-order valence-corrected chi connectivity index (χ2v) is 7.83. The van der Waals surface area contributed by atoms with Gasteiger partial charge in [0.05, 0.1) is 17.8 Å². The number of ether oxygens (including phenoxy) is 1. The van der Waals surface area contributed by atoms with E-state index < -0.39 is 0 Å². The summed E-state index contributed by atoms with van der Waals surface area (Å²) in [7, 11) is 0. The van der Waals surface area contributed by atoms with E-state index in [2.05, 4.69) is 18.8 Å². The van der Waals surface area contributed by atoms with Crippen molar-refractivity contribution in [3.63, 3.8) is 0 Å². The Morgan fingerprint density at radius 3 is 2.42 bits per heavy atom. The molecular formula is C26H38F2N2O. The molecule has 1 saturated heterocycles. The van der Waals surface area contributed by atoms with Crippen molar-refractivity contribution in [2.75, 3.05) is 0 Å². The topological polar surface area (TPSA) is 47.6 Å². The smallest absolute Gasteiger partial charge is 0.133 e. The quantitative estimate of drug-likeness (QED) is 0.268. The van der Waals surface area contributed by atoms with Crippen LogP contribution in [0, 0.1) is 5.82 Å². The molecule has 1 aromatic rings. The van der Waals surface area contributed by atoms with Crippen molar-refractivity contribution in [3.05, 3.63) is 71.0 Å². The lowest BCUT2D eigenvalue weighted by molar-refractivity contribution is 0.0564. The number of aliphatic imine (C=N–C) groups is 1. The highest BCUT2D eigenvalue weighted by atomic mass is 19.1. The zero-order valence-corrected chi connectivity index (χ0v) is 19.6. The molecule has 1 aliphatic heterocycles. The van der Waals surface area contributed by atoms with E-state index in [1.165, 1.54) is 18.2 Å². The second kappa shape index (κ2) is 14.7. The molecule has 2 N–H and O–H groups in total. The molecule has 0 aromatic heterocycles. The van der Waals surface area contributed by atoms with Gasteiger partial charge in [0.2, 0.25) is 0 Å². The average molecular weight is 433 g/mol. The van der Waals surface area contributed by atoms with Gasteiger partial charge in [0.25, 0.3) is 0 Å². The van der Waals surface area contributed by atoms with E-state index in [1.54, 1.807) is 13.1 Å². The minimum Gasteiger partial charge on any atom is -0.383 e. The van der Waals surface area contributed by atoms with E-state index in [0.29, 0.717) is 17.8 Å². The van der Waals surface area contributed by atoms with Crippen LogP contribution < -0.4 is 5.73 Å². The lowest BCUT2D eigenvalue weighted by Gasteiger charge is -2.10. The number of nitrogens with zero attached hydrogens (tertiary/aromatic N) is 1. The Bertz CT molecular complexity index is 779. The molecule has 0 saturated carbocycles. The zero-order valence-electron chi connectivity index (χ0n) is 19.6. The Labute approximate surface area is 186 Å². The summed E-state index contributed by atoms with van der Waals surface area (Å²) in [6.45, 7) is 9.72.